The SMILES string of the molecule is BC(B)(B)N=S1(=O)C[C@@](C)(c2cc(-c3cc(-c4cnc(OC)cn4)no3)ccc2F)N=C(N)C1(C)C. The van der Waals surface area contributed by atoms with Crippen LogP contribution < -0.4 is 10.5 Å². The molecule has 2 aromatic heterocycles. The maximum atomic E-state index is 15.3. The van der Waals surface area contributed by atoms with E-state index in [1.807, 2.05) is 23.5 Å². The minimum absolute atomic E-state index is 0.0223. The summed E-state index contributed by atoms with van der Waals surface area (Å²) < 4.78 is 43.8. The van der Waals surface area contributed by atoms with Gasteiger partial charge in [0.25, 0.3) is 0 Å². The minimum atomic E-state index is -2.92. The Balaban J connectivity index is 1.78. The first kappa shape index (κ1) is 25.9. The summed E-state index contributed by atoms with van der Waals surface area (Å²) in [6, 6.07) is 6.24. The molecule has 0 saturated carbocycles. The second kappa shape index (κ2) is 8.76. The lowest BCUT2D eigenvalue weighted by Gasteiger charge is -2.41. The maximum Gasteiger partial charge on any atom is 0.232 e. The van der Waals surface area contributed by atoms with Crippen LogP contribution in [0.5, 0.6) is 5.88 Å². The number of nitrogens with zero attached hydrogens (tertiary/aromatic N) is 5. The molecule has 4 rings (SSSR count). The highest BCUT2D eigenvalue weighted by atomic mass is 32.2. The smallest absolute Gasteiger partial charge is 0.232 e. The second-order valence-corrected chi connectivity index (χ2v) is 13.3. The lowest BCUT2D eigenvalue weighted by molar-refractivity contribution is 0.395. The van der Waals surface area contributed by atoms with Crippen LogP contribution in [0.1, 0.15) is 26.3 Å². The third kappa shape index (κ3) is 4.66. The molecule has 1 aromatic carbocycles. The molecule has 1 unspecified atom stereocenters. The lowest BCUT2D eigenvalue weighted by atomic mass is 9.50. The molecule has 0 saturated heterocycles. The zero-order valence-corrected chi connectivity index (χ0v) is 22.3. The van der Waals surface area contributed by atoms with Crippen LogP contribution in [0.25, 0.3) is 22.7 Å². The molecule has 1 aliphatic heterocycles. The van der Waals surface area contributed by atoms with Crippen molar-refractivity contribution in [1.82, 2.24) is 15.1 Å². The van der Waals surface area contributed by atoms with E-state index >= 15 is 4.39 Å². The molecule has 3 heterocycles. The van der Waals surface area contributed by atoms with Crippen LogP contribution in [0.15, 0.2) is 50.5 Å². The van der Waals surface area contributed by atoms with Crippen molar-refractivity contribution in [2.24, 2.45) is 15.1 Å². The van der Waals surface area contributed by atoms with Crippen LogP contribution in [-0.2, 0) is 15.3 Å². The standard InChI is InChI=1S/C22H28B3FN6O3S/c1-20(2)19(27)30-21(3,11-36(20,33)32-22(23,24)25)13-7-12(5-6-14(13)26)17-8-15(31-35-17)16-9-29-18(34-4)10-28-16/h5-10H,11,23-25H2,1-4H3,(H2,27,30)/t21-,36?/m0/s1. The summed E-state index contributed by atoms with van der Waals surface area (Å²) in [5.41, 5.74) is 6.93. The summed E-state index contributed by atoms with van der Waals surface area (Å²) in [6.07, 6.45) is 3.00. The molecule has 0 bridgehead atoms. The van der Waals surface area contributed by atoms with E-state index < -0.39 is 31.1 Å². The van der Waals surface area contributed by atoms with Gasteiger partial charge in [0.15, 0.2) is 5.76 Å². The Morgan fingerprint density at radius 1 is 1.17 bits per heavy atom. The molecule has 0 radical (unpaired) electrons. The number of benzene rings is 1. The van der Waals surface area contributed by atoms with Gasteiger partial charge >= 0.3 is 0 Å². The van der Waals surface area contributed by atoms with Gasteiger partial charge in [-0.05, 0) is 44.2 Å². The van der Waals surface area contributed by atoms with Crippen molar-refractivity contribution in [3.8, 4) is 28.6 Å². The van der Waals surface area contributed by atoms with E-state index in [1.165, 1.54) is 25.6 Å². The van der Waals surface area contributed by atoms with Gasteiger partial charge < -0.3 is 15.0 Å². The molecule has 1 aliphatic rings. The molecule has 36 heavy (non-hydrogen) atoms. The van der Waals surface area contributed by atoms with Crippen molar-refractivity contribution in [3.05, 3.63) is 48.0 Å². The normalized spacial score (nSPS) is 23.6. The van der Waals surface area contributed by atoms with Gasteiger partial charge in [-0.3, -0.25) is 9.36 Å². The number of nitrogens with two attached hydrogens (primary N) is 1. The van der Waals surface area contributed by atoms with Gasteiger partial charge in [0.1, 0.15) is 56.9 Å². The first-order chi connectivity index (χ1) is 16.7. The van der Waals surface area contributed by atoms with E-state index in [-0.39, 0.29) is 17.2 Å². The Kier molecular flexibility index (Phi) is 6.31. The molecule has 186 valence electrons. The number of aliphatic imine (C=N–C) groups is 1. The minimum Gasteiger partial charge on any atom is -0.480 e. The van der Waals surface area contributed by atoms with Crippen molar-refractivity contribution in [3.63, 3.8) is 0 Å². The second-order valence-electron chi connectivity index (χ2n) is 10.5. The topological polar surface area (TPSA) is 129 Å². The average Bonchev–Trinajstić information content (AvgIpc) is 3.27. The summed E-state index contributed by atoms with van der Waals surface area (Å²) in [6.45, 7) is 5.27. The molecule has 14 heteroatoms. The molecular weight excluding hydrogens is 480 g/mol. The molecule has 9 nitrogen and oxygen atoms in total. The van der Waals surface area contributed by atoms with Gasteiger partial charge in [0.05, 0.1) is 35.0 Å². The lowest BCUT2D eigenvalue weighted by Crippen LogP contribution is -2.55. The van der Waals surface area contributed by atoms with E-state index in [0.29, 0.717) is 28.6 Å². The number of aromatic nitrogens is 3. The number of halogens is 1. The predicted octanol–water partition coefficient (Wildman–Crippen LogP) is 0.290. The number of methoxy groups -OCH3 is 1. The Labute approximate surface area is 212 Å². The quantitative estimate of drug-likeness (QED) is 0.491. The Morgan fingerprint density at radius 2 is 1.89 bits per heavy atom. The van der Waals surface area contributed by atoms with Crippen molar-refractivity contribution >= 4 is 39.1 Å². The summed E-state index contributed by atoms with van der Waals surface area (Å²) in [5.74, 6) is 0.494. The fourth-order valence-corrected chi connectivity index (χ4v) is 6.95. The molecule has 3 aromatic rings. The third-order valence-electron chi connectivity index (χ3n) is 6.12. The van der Waals surface area contributed by atoms with Crippen LogP contribution in [0.2, 0.25) is 0 Å². The van der Waals surface area contributed by atoms with Gasteiger partial charge in [0, 0.05) is 17.2 Å². The van der Waals surface area contributed by atoms with E-state index in [0.717, 1.165) is 0 Å². The van der Waals surface area contributed by atoms with Crippen molar-refractivity contribution < 1.29 is 17.9 Å². The molecule has 0 aliphatic carbocycles. The summed E-state index contributed by atoms with van der Waals surface area (Å²) in [4.78, 5) is 13.1. The Morgan fingerprint density at radius 3 is 2.50 bits per heavy atom. The van der Waals surface area contributed by atoms with Gasteiger partial charge in [-0.1, -0.05) is 5.16 Å². The molecule has 2 atom stereocenters. The Bertz CT molecular complexity index is 1460. The first-order valence-electron chi connectivity index (χ1n) is 11.4. The molecule has 0 amide bonds. The molecular formula is C22H28B3FN6O3S. The summed E-state index contributed by atoms with van der Waals surface area (Å²) in [7, 11) is 4.22. The summed E-state index contributed by atoms with van der Waals surface area (Å²) in [5, 5.41) is 3.50. The molecule has 0 spiro atoms. The predicted molar refractivity (Wildman–Crippen MR) is 146 cm³/mol. The van der Waals surface area contributed by atoms with Crippen LogP contribution in [0, 0.1) is 5.82 Å². The maximum absolute atomic E-state index is 15.3. The molecule has 0 fully saturated rings. The zero-order chi connectivity index (χ0) is 26.5. The first-order valence-corrected chi connectivity index (χ1v) is 13.1. The number of rotatable bonds is 5. The fourth-order valence-electron chi connectivity index (χ4n) is 4.06. The van der Waals surface area contributed by atoms with Crippen LogP contribution >= 0.6 is 0 Å². The van der Waals surface area contributed by atoms with Crippen molar-refractivity contribution in [2.75, 3.05) is 12.9 Å². The molecule has 2 N–H and O–H groups in total. The largest absolute Gasteiger partial charge is 0.480 e. The van der Waals surface area contributed by atoms with Crippen molar-refractivity contribution in [1.29, 1.82) is 0 Å². The van der Waals surface area contributed by atoms with Gasteiger partial charge in [-0.15, -0.1) is 0 Å². The number of hydrogen-bond acceptors (Lipinski definition) is 9. The highest BCUT2D eigenvalue weighted by Gasteiger charge is 2.48. The van der Waals surface area contributed by atoms with E-state index in [9.17, 15) is 4.21 Å². The number of ether oxygens (including phenoxy) is 1. The van der Waals surface area contributed by atoms with E-state index in [1.54, 1.807) is 39.0 Å². The van der Waals surface area contributed by atoms with Crippen LogP contribution in [0.4, 0.5) is 4.39 Å². The van der Waals surface area contributed by atoms with Crippen LogP contribution in [0.3, 0.4) is 0 Å². The fraction of sp³-hybridized carbons (Fsp3) is 0.364. The monoisotopic (exact) mass is 508 g/mol. The highest BCUT2D eigenvalue weighted by Crippen LogP contribution is 2.40. The van der Waals surface area contributed by atoms with Crippen LogP contribution in [-0.4, -0.2) is 71.6 Å². The van der Waals surface area contributed by atoms with Crippen molar-refractivity contribution in [2.45, 2.75) is 36.3 Å². The van der Waals surface area contributed by atoms with Gasteiger partial charge in [0.2, 0.25) is 5.88 Å². The third-order valence-corrected chi connectivity index (χ3v) is 9.72. The van der Waals surface area contributed by atoms with E-state index in [4.69, 9.17) is 15.0 Å². The van der Waals surface area contributed by atoms with Gasteiger partial charge in [-0.25, -0.2) is 18.6 Å². The number of hydrogen-bond donors (Lipinski definition) is 1. The number of amidine groups is 1. The Hall–Kier alpha value is -3.15. The zero-order valence-electron chi connectivity index (χ0n) is 21.5. The summed E-state index contributed by atoms with van der Waals surface area (Å²) >= 11 is 0. The average molecular weight is 508 g/mol. The van der Waals surface area contributed by atoms with Gasteiger partial charge in [-0.2, -0.15) is 0 Å². The highest BCUT2D eigenvalue weighted by molar-refractivity contribution is 7.96. The van der Waals surface area contributed by atoms with E-state index in [2.05, 4.69) is 24.5 Å².